The van der Waals surface area contributed by atoms with Crippen molar-refractivity contribution in [3.8, 4) is 5.82 Å². The van der Waals surface area contributed by atoms with Gasteiger partial charge in [0.15, 0.2) is 0 Å². The van der Waals surface area contributed by atoms with E-state index in [9.17, 15) is 0 Å². The highest BCUT2D eigenvalue weighted by Gasteiger charge is 2.27. The summed E-state index contributed by atoms with van der Waals surface area (Å²) in [5, 5.41) is 0. The van der Waals surface area contributed by atoms with Crippen molar-refractivity contribution in [1.29, 1.82) is 0 Å². The van der Waals surface area contributed by atoms with Crippen molar-refractivity contribution in [2.75, 3.05) is 6.54 Å². The monoisotopic (exact) mass is 305 g/mol. The Morgan fingerprint density at radius 1 is 1.04 bits per heavy atom. The second kappa shape index (κ2) is 6.30. The average Bonchev–Trinajstić information content (AvgIpc) is 3.28. The summed E-state index contributed by atoms with van der Waals surface area (Å²) in [4.78, 5) is 15.6. The lowest BCUT2D eigenvalue weighted by molar-refractivity contribution is 0.244. The van der Waals surface area contributed by atoms with Gasteiger partial charge in [0.05, 0.1) is 11.7 Å². The first-order valence-corrected chi connectivity index (χ1v) is 7.98. The number of hydrogen-bond acceptors (Lipinski definition) is 4. The fourth-order valence-corrected chi connectivity index (χ4v) is 3.24. The first-order valence-electron chi connectivity index (χ1n) is 7.98. The Morgan fingerprint density at radius 3 is 2.78 bits per heavy atom. The van der Waals surface area contributed by atoms with E-state index in [4.69, 9.17) is 4.98 Å². The third kappa shape index (κ3) is 3.00. The standard InChI is InChI=1S/C18H19N5/c1-3-16(21-18(5-1)23-12-10-20-14-23)17-4-2-11-22(17)13-15-6-8-19-9-7-15/h1,3,5-10,12,14,17H,2,4,11,13H2. The molecular weight excluding hydrogens is 286 g/mol. The van der Waals surface area contributed by atoms with Crippen LogP contribution in [-0.4, -0.2) is 31.0 Å². The van der Waals surface area contributed by atoms with Gasteiger partial charge in [0, 0.05) is 31.3 Å². The van der Waals surface area contributed by atoms with E-state index < -0.39 is 0 Å². The van der Waals surface area contributed by atoms with Gasteiger partial charge in [0.1, 0.15) is 12.1 Å². The molecule has 0 saturated carbocycles. The lowest BCUT2D eigenvalue weighted by Gasteiger charge is -2.24. The molecule has 1 unspecified atom stereocenters. The van der Waals surface area contributed by atoms with Gasteiger partial charge >= 0.3 is 0 Å². The molecule has 0 aromatic carbocycles. The van der Waals surface area contributed by atoms with Crippen LogP contribution < -0.4 is 0 Å². The molecule has 0 aliphatic carbocycles. The van der Waals surface area contributed by atoms with E-state index in [0.717, 1.165) is 31.0 Å². The van der Waals surface area contributed by atoms with Gasteiger partial charge in [-0.05, 0) is 49.2 Å². The maximum absolute atomic E-state index is 4.86. The number of hydrogen-bond donors (Lipinski definition) is 0. The van der Waals surface area contributed by atoms with E-state index in [1.54, 1.807) is 12.5 Å². The molecule has 23 heavy (non-hydrogen) atoms. The van der Waals surface area contributed by atoms with Crippen LogP contribution in [0.15, 0.2) is 61.4 Å². The zero-order chi connectivity index (χ0) is 15.5. The Bertz CT molecular complexity index is 754. The Labute approximate surface area is 135 Å². The molecule has 1 atom stereocenters. The smallest absolute Gasteiger partial charge is 0.138 e. The molecule has 4 rings (SSSR count). The van der Waals surface area contributed by atoms with Crippen LogP contribution in [0.25, 0.3) is 5.82 Å². The van der Waals surface area contributed by atoms with Crippen molar-refractivity contribution in [2.24, 2.45) is 0 Å². The van der Waals surface area contributed by atoms with Crippen LogP contribution >= 0.6 is 0 Å². The second-order valence-electron chi connectivity index (χ2n) is 5.87. The van der Waals surface area contributed by atoms with Gasteiger partial charge in [-0.1, -0.05) is 6.07 Å². The van der Waals surface area contributed by atoms with Crippen LogP contribution in [0.2, 0.25) is 0 Å². The van der Waals surface area contributed by atoms with E-state index in [1.165, 1.54) is 12.0 Å². The lowest BCUT2D eigenvalue weighted by atomic mass is 10.1. The Morgan fingerprint density at radius 2 is 1.96 bits per heavy atom. The van der Waals surface area contributed by atoms with Crippen molar-refractivity contribution in [2.45, 2.75) is 25.4 Å². The van der Waals surface area contributed by atoms with Crippen molar-refractivity contribution in [3.63, 3.8) is 0 Å². The third-order valence-corrected chi connectivity index (χ3v) is 4.36. The minimum Gasteiger partial charge on any atom is -0.291 e. The van der Waals surface area contributed by atoms with E-state index >= 15 is 0 Å². The molecule has 0 bridgehead atoms. The molecule has 1 aliphatic heterocycles. The van der Waals surface area contributed by atoms with Crippen molar-refractivity contribution < 1.29 is 0 Å². The van der Waals surface area contributed by atoms with Gasteiger partial charge in [-0.2, -0.15) is 0 Å². The minimum absolute atomic E-state index is 0.381. The van der Waals surface area contributed by atoms with E-state index in [-0.39, 0.29) is 0 Å². The topological polar surface area (TPSA) is 46.8 Å². The molecular formula is C18H19N5. The highest BCUT2D eigenvalue weighted by molar-refractivity contribution is 5.26. The Hall–Kier alpha value is -2.53. The van der Waals surface area contributed by atoms with Crippen LogP contribution in [0.4, 0.5) is 0 Å². The predicted octanol–water partition coefficient (Wildman–Crippen LogP) is 3.00. The zero-order valence-corrected chi connectivity index (χ0v) is 12.9. The summed E-state index contributed by atoms with van der Waals surface area (Å²) in [6.45, 7) is 2.06. The van der Waals surface area contributed by atoms with E-state index in [0.29, 0.717) is 6.04 Å². The molecule has 1 saturated heterocycles. The largest absolute Gasteiger partial charge is 0.291 e. The number of likely N-dealkylation sites (tertiary alicyclic amines) is 1. The predicted molar refractivity (Wildman–Crippen MR) is 88.0 cm³/mol. The molecule has 0 radical (unpaired) electrons. The summed E-state index contributed by atoms with van der Waals surface area (Å²) in [7, 11) is 0. The van der Waals surface area contributed by atoms with Gasteiger partial charge in [0.25, 0.3) is 0 Å². The third-order valence-electron chi connectivity index (χ3n) is 4.36. The van der Waals surface area contributed by atoms with Gasteiger partial charge in [0.2, 0.25) is 0 Å². The van der Waals surface area contributed by atoms with Crippen LogP contribution in [0.3, 0.4) is 0 Å². The summed E-state index contributed by atoms with van der Waals surface area (Å²) in [6.07, 6.45) is 11.6. The molecule has 3 aromatic rings. The molecule has 1 fully saturated rings. The molecule has 0 N–H and O–H groups in total. The summed E-state index contributed by atoms with van der Waals surface area (Å²) >= 11 is 0. The summed E-state index contributed by atoms with van der Waals surface area (Å²) in [5.41, 5.74) is 2.44. The maximum Gasteiger partial charge on any atom is 0.138 e. The molecule has 1 aliphatic rings. The molecule has 3 aromatic heterocycles. The highest BCUT2D eigenvalue weighted by atomic mass is 15.2. The van der Waals surface area contributed by atoms with Gasteiger partial charge in [-0.3, -0.25) is 14.5 Å². The number of imidazole rings is 1. The maximum atomic E-state index is 4.86. The normalized spacial score (nSPS) is 18.3. The lowest BCUT2D eigenvalue weighted by Crippen LogP contribution is -2.23. The van der Waals surface area contributed by atoms with Crippen molar-refractivity contribution in [3.05, 3.63) is 72.7 Å². The summed E-state index contributed by atoms with van der Waals surface area (Å²) < 4.78 is 1.95. The van der Waals surface area contributed by atoms with Crippen LogP contribution in [0, 0.1) is 0 Å². The number of rotatable bonds is 4. The van der Waals surface area contributed by atoms with Gasteiger partial charge in [-0.15, -0.1) is 0 Å². The number of pyridine rings is 2. The molecule has 0 amide bonds. The minimum atomic E-state index is 0.381. The molecule has 5 heteroatoms. The molecule has 4 heterocycles. The van der Waals surface area contributed by atoms with Crippen molar-refractivity contribution in [1.82, 2.24) is 24.4 Å². The zero-order valence-electron chi connectivity index (χ0n) is 12.9. The Balaban J connectivity index is 1.58. The molecule has 116 valence electrons. The fraction of sp³-hybridized carbons (Fsp3) is 0.278. The average molecular weight is 305 g/mol. The summed E-state index contributed by atoms with van der Waals surface area (Å²) in [5.74, 6) is 0.927. The molecule has 5 nitrogen and oxygen atoms in total. The number of nitrogens with zero attached hydrogens (tertiary/aromatic N) is 5. The quantitative estimate of drug-likeness (QED) is 0.743. The molecule has 0 spiro atoms. The Kier molecular flexibility index (Phi) is 3.86. The fourth-order valence-electron chi connectivity index (χ4n) is 3.24. The van der Waals surface area contributed by atoms with Gasteiger partial charge < -0.3 is 0 Å². The van der Waals surface area contributed by atoms with Crippen LogP contribution in [-0.2, 0) is 6.54 Å². The van der Waals surface area contributed by atoms with Crippen molar-refractivity contribution >= 4 is 0 Å². The van der Waals surface area contributed by atoms with E-state index in [1.807, 2.05) is 29.2 Å². The summed E-state index contributed by atoms with van der Waals surface area (Å²) in [6, 6.07) is 10.8. The first-order chi connectivity index (χ1) is 11.4. The number of aromatic nitrogens is 4. The van der Waals surface area contributed by atoms with Gasteiger partial charge in [-0.25, -0.2) is 9.97 Å². The SMILES string of the molecule is c1cc(C2CCCN2Cc2ccncc2)nc(-n2ccnc2)c1. The highest BCUT2D eigenvalue weighted by Crippen LogP contribution is 2.32. The first kappa shape index (κ1) is 14.1. The van der Waals surface area contributed by atoms with Crippen LogP contribution in [0.1, 0.15) is 30.1 Å². The second-order valence-corrected chi connectivity index (χ2v) is 5.87. The van der Waals surface area contributed by atoms with E-state index in [2.05, 4.69) is 39.1 Å². The van der Waals surface area contributed by atoms with Crippen LogP contribution in [0.5, 0.6) is 0 Å².